The molecule has 0 amide bonds. The van der Waals surface area contributed by atoms with Gasteiger partial charge in [0.1, 0.15) is 12.4 Å². The lowest BCUT2D eigenvalue weighted by atomic mass is 9.86. The van der Waals surface area contributed by atoms with Crippen LogP contribution in [0.1, 0.15) is 17.0 Å². The molecule has 0 fully saturated rings. The zero-order valence-corrected chi connectivity index (χ0v) is 14.7. The van der Waals surface area contributed by atoms with Crippen molar-refractivity contribution < 1.29 is 4.74 Å². The van der Waals surface area contributed by atoms with Crippen molar-refractivity contribution in [1.29, 1.82) is 10.5 Å². The molecule has 0 unspecified atom stereocenters. The molecule has 0 bridgehead atoms. The SMILES string of the molecule is N#CC1=C(N)SC(N)=C(C#N)C1c1cccc(OCc2ccccc2)c1. The first-order chi connectivity index (χ1) is 12.6. The van der Waals surface area contributed by atoms with Crippen molar-refractivity contribution in [2.24, 2.45) is 11.5 Å². The van der Waals surface area contributed by atoms with Crippen LogP contribution in [-0.2, 0) is 6.61 Å². The molecule has 4 N–H and O–H groups in total. The van der Waals surface area contributed by atoms with Crippen LogP contribution in [0.2, 0.25) is 0 Å². The molecule has 0 radical (unpaired) electrons. The number of nitrogens with zero attached hydrogens (tertiary/aromatic N) is 2. The van der Waals surface area contributed by atoms with Gasteiger partial charge in [-0.1, -0.05) is 54.2 Å². The van der Waals surface area contributed by atoms with Crippen molar-refractivity contribution in [3.05, 3.63) is 86.9 Å². The smallest absolute Gasteiger partial charge is 0.120 e. The Bertz CT molecular complexity index is 931. The molecule has 1 heterocycles. The lowest BCUT2D eigenvalue weighted by Gasteiger charge is -2.24. The third-order valence-electron chi connectivity index (χ3n) is 4.01. The Hall–Kier alpha value is -3.35. The molecule has 26 heavy (non-hydrogen) atoms. The average molecular weight is 360 g/mol. The molecule has 0 aromatic heterocycles. The number of benzene rings is 2. The van der Waals surface area contributed by atoms with E-state index in [1.807, 2.05) is 54.6 Å². The van der Waals surface area contributed by atoms with E-state index >= 15 is 0 Å². The fourth-order valence-corrected chi connectivity index (χ4v) is 3.54. The van der Waals surface area contributed by atoms with Gasteiger partial charge in [-0.05, 0) is 23.3 Å². The summed E-state index contributed by atoms with van der Waals surface area (Å²) in [6.45, 7) is 0.428. The van der Waals surface area contributed by atoms with Gasteiger partial charge in [-0.3, -0.25) is 0 Å². The third kappa shape index (κ3) is 3.51. The maximum Gasteiger partial charge on any atom is 0.120 e. The van der Waals surface area contributed by atoms with Gasteiger partial charge in [0.2, 0.25) is 0 Å². The highest BCUT2D eigenvalue weighted by Gasteiger charge is 2.31. The number of hydrogen-bond acceptors (Lipinski definition) is 6. The predicted molar refractivity (Wildman–Crippen MR) is 101 cm³/mol. The number of rotatable bonds is 4. The van der Waals surface area contributed by atoms with Crippen LogP contribution in [0.15, 0.2) is 75.8 Å². The molecule has 3 rings (SSSR count). The van der Waals surface area contributed by atoms with Gasteiger partial charge in [0.25, 0.3) is 0 Å². The lowest BCUT2D eigenvalue weighted by Crippen LogP contribution is -2.18. The van der Waals surface area contributed by atoms with Crippen LogP contribution in [-0.4, -0.2) is 0 Å². The van der Waals surface area contributed by atoms with E-state index in [1.54, 1.807) is 0 Å². The molecule has 6 heteroatoms. The van der Waals surface area contributed by atoms with E-state index in [0.717, 1.165) is 22.9 Å². The van der Waals surface area contributed by atoms with Gasteiger partial charge in [0.15, 0.2) is 0 Å². The van der Waals surface area contributed by atoms with Gasteiger partial charge in [-0.15, -0.1) is 0 Å². The zero-order chi connectivity index (χ0) is 18.5. The molecule has 2 aromatic carbocycles. The van der Waals surface area contributed by atoms with Crippen molar-refractivity contribution in [2.75, 3.05) is 0 Å². The quantitative estimate of drug-likeness (QED) is 0.864. The number of allylic oxidation sites excluding steroid dienone is 2. The monoisotopic (exact) mass is 360 g/mol. The molecule has 0 saturated carbocycles. The average Bonchev–Trinajstić information content (AvgIpc) is 2.67. The second-order valence-corrected chi connectivity index (χ2v) is 6.75. The lowest BCUT2D eigenvalue weighted by molar-refractivity contribution is 0.306. The summed E-state index contributed by atoms with van der Waals surface area (Å²) >= 11 is 1.06. The normalized spacial score (nSPS) is 14.7. The van der Waals surface area contributed by atoms with Gasteiger partial charge in [-0.25, -0.2) is 0 Å². The van der Waals surface area contributed by atoms with Crippen LogP contribution in [0.25, 0.3) is 0 Å². The Morgan fingerprint density at radius 1 is 0.923 bits per heavy atom. The minimum Gasteiger partial charge on any atom is -0.489 e. The van der Waals surface area contributed by atoms with Gasteiger partial charge >= 0.3 is 0 Å². The standard InChI is InChI=1S/C20H16N4OS/c21-10-16-18(17(11-22)20(24)26-19(16)23)14-7-4-8-15(9-14)25-12-13-5-2-1-3-6-13/h1-9,18H,12,23-24H2. The van der Waals surface area contributed by atoms with E-state index in [4.69, 9.17) is 16.2 Å². The van der Waals surface area contributed by atoms with Gasteiger partial charge < -0.3 is 16.2 Å². The molecule has 2 aromatic rings. The largest absolute Gasteiger partial charge is 0.489 e. The summed E-state index contributed by atoms with van der Waals surface area (Å²) < 4.78 is 5.85. The molecule has 128 valence electrons. The van der Waals surface area contributed by atoms with Gasteiger partial charge in [-0.2, -0.15) is 10.5 Å². The van der Waals surface area contributed by atoms with Crippen LogP contribution in [0.3, 0.4) is 0 Å². The second-order valence-electron chi connectivity index (χ2n) is 5.66. The summed E-state index contributed by atoms with van der Waals surface area (Å²) in [7, 11) is 0. The van der Waals surface area contributed by atoms with E-state index in [0.29, 0.717) is 33.6 Å². The maximum absolute atomic E-state index is 9.51. The van der Waals surface area contributed by atoms with E-state index in [-0.39, 0.29) is 0 Å². The Labute approximate surface area is 156 Å². The molecular formula is C20H16N4OS. The maximum atomic E-state index is 9.51. The number of thioether (sulfide) groups is 1. The Kier molecular flexibility index (Phi) is 5.17. The topological polar surface area (TPSA) is 109 Å². The highest BCUT2D eigenvalue weighted by atomic mass is 32.2. The van der Waals surface area contributed by atoms with Crippen LogP contribution >= 0.6 is 11.8 Å². The summed E-state index contributed by atoms with van der Waals surface area (Å²) in [4.78, 5) is 0. The van der Waals surface area contributed by atoms with Gasteiger partial charge in [0, 0.05) is 0 Å². The fraction of sp³-hybridized carbons (Fsp3) is 0.100. The summed E-state index contributed by atoms with van der Waals surface area (Å²) in [5.74, 6) is 0.0721. The van der Waals surface area contributed by atoms with E-state index in [2.05, 4.69) is 12.1 Å². The van der Waals surface area contributed by atoms with E-state index in [1.165, 1.54) is 0 Å². The number of nitrogens with two attached hydrogens (primary N) is 2. The Morgan fingerprint density at radius 3 is 2.19 bits per heavy atom. The van der Waals surface area contributed by atoms with E-state index in [9.17, 15) is 10.5 Å². The van der Waals surface area contributed by atoms with Gasteiger partial charge in [0.05, 0.1) is 39.3 Å². The number of ether oxygens (including phenoxy) is 1. The molecule has 0 spiro atoms. The third-order valence-corrected chi connectivity index (χ3v) is 4.89. The first-order valence-corrected chi connectivity index (χ1v) is 8.69. The fourth-order valence-electron chi connectivity index (χ4n) is 2.75. The summed E-state index contributed by atoms with van der Waals surface area (Å²) in [5, 5.41) is 19.7. The molecule has 0 aliphatic carbocycles. The highest BCUT2D eigenvalue weighted by molar-refractivity contribution is 8.06. The summed E-state index contributed by atoms with van der Waals surface area (Å²) in [6, 6.07) is 21.4. The van der Waals surface area contributed by atoms with Crippen molar-refractivity contribution >= 4 is 11.8 Å². The highest BCUT2D eigenvalue weighted by Crippen LogP contribution is 2.43. The molecule has 5 nitrogen and oxygen atoms in total. The molecule has 0 saturated heterocycles. The van der Waals surface area contributed by atoms with Crippen molar-refractivity contribution in [1.82, 2.24) is 0 Å². The second kappa shape index (κ2) is 7.69. The van der Waals surface area contributed by atoms with E-state index < -0.39 is 5.92 Å². The zero-order valence-electron chi connectivity index (χ0n) is 13.8. The van der Waals surface area contributed by atoms with Crippen molar-refractivity contribution in [2.45, 2.75) is 12.5 Å². The first kappa shape index (κ1) is 17.5. The predicted octanol–water partition coefficient (Wildman–Crippen LogP) is 3.48. The van der Waals surface area contributed by atoms with Crippen LogP contribution in [0, 0.1) is 22.7 Å². The molecule has 1 aliphatic heterocycles. The Balaban J connectivity index is 1.92. The van der Waals surface area contributed by atoms with Crippen LogP contribution in [0.5, 0.6) is 5.75 Å². The molecule has 0 atom stereocenters. The number of hydrogen-bond donors (Lipinski definition) is 2. The van der Waals surface area contributed by atoms with Crippen LogP contribution < -0.4 is 16.2 Å². The molecule has 1 aliphatic rings. The summed E-state index contributed by atoms with van der Waals surface area (Å²) in [6.07, 6.45) is 0. The summed E-state index contributed by atoms with van der Waals surface area (Å²) in [5.41, 5.74) is 14.4. The minimum absolute atomic E-state index is 0.324. The van der Waals surface area contributed by atoms with Crippen molar-refractivity contribution in [3.63, 3.8) is 0 Å². The minimum atomic E-state index is -0.577. The van der Waals surface area contributed by atoms with Crippen LogP contribution in [0.4, 0.5) is 0 Å². The molecular weight excluding hydrogens is 344 g/mol. The van der Waals surface area contributed by atoms with Crippen molar-refractivity contribution in [3.8, 4) is 17.9 Å². The number of nitriles is 2. The Morgan fingerprint density at radius 2 is 1.58 bits per heavy atom. The first-order valence-electron chi connectivity index (χ1n) is 7.88.